The van der Waals surface area contributed by atoms with Gasteiger partial charge in [-0.1, -0.05) is 19.4 Å². The van der Waals surface area contributed by atoms with E-state index < -0.39 is 0 Å². The number of nitrogens with two attached hydrogens (primary N) is 1. The van der Waals surface area contributed by atoms with E-state index in [1.807, 2.05) is 0 Å². The van der Waals surface area contributed by atoms with E-state index in [1.54, 1.807) is 11.2 Å². The Hall–Kier alpha value is -0.780. The summed E-state index contributed by atoms with van der Waals surface area (Å²) in [6.45, 7) is 7.34. The molecule has 3 N–H and O–H groups in total. The quantitative estimate of drug-likeness (QED) is 0.714. The zero-order valence-corrected chi connectivity index (χ0v) is 10.1. The Balaban J connectivity index is 0.000000262. The first-order chi connectivity index (χ1) is 7.24. The molecule has 1 aliphatic heterocycles. The van der Waals surface area contributed by atoms with E-state index in [0.717, 1.165) is 0 Å². The summed E-state index contributed by atoms with van der Waals surface area (Å²) >= 11 is 0. The van der Waals surface area contributed by atoms with Crippen molar-refractivity contribution in [1.82, 2.24) is 15.5 Å². The van der Waals surface area contributed by atoms with Crippen molar-refractivity contribution in [2.75, 3.05) is 26.8 Å². The van der Waals surface area contributed by atoms with Gasteiger partial charge in [0, 0.05) is 0 Å². The van der Waals surface area contributed by atoms with Gasteiger partial charge in [-0.2, -0.15) is 0 Å². The molecule has 0 aliphatic carbocycles. The molecule has 5 heteroatoms. The van der Waals surface area contributed by atoms with Crippen molar-refractivity contribution in [1.29, 1.82) is 0 Å². The van der Waals surface area contributed by atoms with Crippen LogP contribution in [0.25, 0.3) is 0 Å². The third kappa shape index (κ3) is 8.23. The highest BCUT2D eigenvalue weighted by Gasteiger charge is 1.97. The van der Waals surface area contributed by atoms with Gasteiger partial charge in [-0.25, -0.2) is 0 Å². The summed E-state index contributed by atoms with van der Waals surface area (Å²) in [5.41, 5.74) is 7.67. The highest BCUT2D eigenvalue weighted by Crippen LogP contribution is 1.88. The minimum atomic E-state index is 0.427. The van der Waals surface area contributed by atoms with Crippen LogP contribution in [0.3, 0.4) is 0 Å². The molecule has 0 saturated heterocycles. The van der Waals surface area contributed by atoms with Gasteiger partial charge in [0.05, 0.1) is 12.9 Å². The molecule has 0 aromatic heterocycles. The van der Waals surface area contributed by atoms with Crippen molar-refractivity contribution < 1.29 is 4.84 Å². The van der Waals surface area contributed by atoms with Crippen LogP contribution in [-0.4, -0.2) is 36.7 Å². The lowest BCUT2D eigenvalue weighted by Gasteiger charge is -2.12. The minimum Gasteiger partial charge on any atom is -0.395 e. The van der Waals surface area contributed by atoms with Crippen molar-refractivity contribution >= 4 is 0 Å². The molecule has 0 radical (unpaired) electrons. The third-order valence-electron chi connectivity index (χ3n) is 1.89. The Bertz CT molecular complexity index is 158. The Labute approximate surface area is 92.8 Å². The Morgan fingerprint density at radius 2 is 1.93 bits per heavy atom. The fourth-order valence-corrected chi connectivity index (χ4v) is 1.21. The van der Waals surface area contributed by atoms with E-state index in [4.69, 9.17) is 5.73 Å². The van der Waals surface area contributed by atoms with Gasteiger partial charge in [-0.15, -0.1) is 0 Å². The summed E-state index contributed by atoms with van der Waals surface area (Å²) in [6.07, 6.45) is 5.78. The molecule has 1 rings (SSSR count). The minimum absolute atomic E-state index is 0.427. The standard InChI is InChI=1S/C7H17N.C3H7N3O/c1-4-6-8(3)7-5-2;4-3-6-1-2-7-5-6/h4-7H2,1-3H3;1-2,5H,3-4H2. The first kappa shape index (κ1) is 14.2. The first-order valence-electron chi connectivity index (χ1n) is 5.47. The van der Waals surface area contributed by atoms with Crippen molar-refractivity contribution in [2.45, 2.75) is 26.7 Å². The summed E-state index contributed by atoms with van der Waals surface area (Å²) in [5, 5.41) is 1.61. The molecule has 0 amide bonds. The van der Waals surface area contributed by atoms with E-state index in [1.165, 1.54) is 32.2 Å². The molecule has 5 nitrogen and oxygen atoms in total. The molecule has 0 aromatic rings. The monoisotopic (exact) mass is 216 g/mol. The second-order valence-corrected chi connectivity index (χ2v) is 3.45. The van der Waals surface area contributed by atoms with Crippen LogP contribution in [0.2, 0.25) is 0 Å². The van der Waals surface area contributed by atoms with Gasteiger partial charge in [0.2, 0.25) is 0 Å². The maximum absolute atomic E-state index is 5.17. The van der Waals surface area contributed by atoms with Crippen LogP contribution in [0.15, 0.2) is 12.5 Å². The smallest absolute Gasteiger partial charge is 0.131 e. The molecule has 0 saturated carbocycles. The van der Waals surface area contributed by atoms with Crippen LogP contribution in [0.4, 0.5) is 0 Å². The van der Waals surface area contributed by atoms with Gasteiger partial charge in [0.15, 0.2) is 0 Å². The molecule has 0 spiro atoms. The van der Waals surface area contributed by atoms with Crippen LogP contribution in [0.5, 0.6) is 0 Å². The Kier molecular flexibility index (Phi) is 9.26. The van der Waals surface area contributed by atoms with Crippen LogP contribution in [0, 0.1) is 0 Å². The van der Waals surface area contributed by atoms with E-state index in [9.17, 15) is 0 Å². The average molecular weight is 216 g/mol. The van der Waals surface area contributed by atoms with Gasteiger partial charge >= 0.3 is 0 Å². The largest absolute Gasteiger partial charge is 0.395 e. The van der Waals surface area contributed by atoms with Crippen LogP contribution in [0.1, 0.15) is 26.7 Å². The van der Waals surface area contributed by atoms with Gasteiger partial charge in [-0.3, -0.25) is 5.01 Å². The number of hydrogen-bond acceptors (Lipinski definition) is 5. The lowest BCUT2D eigenvalue weighted by Crippen LogP contribution is -2.32. The predicted molar refractivity (Wildman–Crippen MR) is 62.3 cm³/mol. The highest BCUT2D eigenvalue weighted by molar-refractivity contribution is 4.73. The van der Waals surface area contributed by atoms with Crippen LogP contribution < -0.4 is 11.3 Å². The van der Waals surface area contributed by atoms with Gasteiger partial charge in [0.25, 0.3) is 0 Å². The normalized spacial score (nSPS) is 13.8. The summed E-state index contributed by atoms with van der Waals surface area (Å²) in [7, 11) is 2.17. The number of rotatable bonds is 5. The maximum Gasteiger partial charge on any atom is 0.131 e. The summed E-state index contributed by atoms with van der Waals surface area (Å²) in [6, 6.07) is 0. The SMILES string of the molecule is CCCN(C)CCC.NCN1C=CON1. The fraction of sp³-hybridized carbons (Fsp3) is 0.800. The molecule has 0 atom stereocenters. The van der Waals surface area contributed by atoms with Crippen molar-refractivity contribution in [2.24, 2.45) is 5.73 Å². The number of nitrogens with zero attached hydrogens (tertiary/aromatic N) is 2. The van der Waals surface area contributed by atoms with E-state index in [0.29, 0.717) is 6.67 Å². The summed E-state index contributed by atoms with van der Waals surface area (Å²) < 4.78 is 0. The molecule has 0 bridgehead atoms. The van der Waals surface area contributed by atoms with Crippen molar-refractivity contribution in [3.8, 4) is 0 Å². The molecule has 0 unspecified atom stereocenters. The molecule has 0 fully saturated rings. The molecule has 0 aromatic carbocycles. The maximum atomic E-state index is 5.17. The van der Waals surface area contributed by atoms with E-state index in [2.05, 4.69) is 36.2 Å². The second-order valence-electron chi connectivity index (χ2n) is 3.45. The molecule has 90 valence electrons. The molecular weight excluding hydrogens is 192 g/mol. The third-order valence-corrected chi connectivity index (χ3v) is 1.89. The van der Waals surface area contributed by atoms with Crippen molar-refractivity contribution in [3.05, 3.63) is 12.5 Å². The van der Waals surface area contributed by atoms with Crippen molar-refractivity contribution in [3.63, 3.8) is 0 Å². The zero-order chi connectivity index (χ0) is 11.5. The second kappa shape index (κ2) is 9.76. The van der Waals surface area contributed by atoms with Gasteiger partial charge in [-0.05, 0) is 33.0 Å². The molecule has 1 aliphatic rings. The zero-order valence-electron chi connectivity index (χ0n) is 10.1. The number of hydrazine groups is 1. The van der Waals surface area contributed by atoms with Gasteiger partial charge in [0.1, 0.15) is 6.26 Å². The van der Waals surface area contributed by atoms with Crippen LogP contribution in [-0.2, 0) is 4.84 Å². The fourth-order valence-electron chi connectivity index (χ4n) is 1.21. The lowest BCUT2D eigenvalue weighted by molar-refractivity contribution is 0.0377. The summed E-state index contributed by atoms with van der Waals surface area (Å²) in [5.74, 6) is 0. The van der Waals surface area contributed by atoms with Gasteiger partial charge < -0.3 is 15.5 Å². The first-order valence-corrected chi connectivity index (χ1v) is 5.47. The highest BCUT2D eigenvalue weighted by atomic mass is 16.7. The Morgan fingerprint density at radius 1 is 1.33 bits per heavy atom. The Morgan fingerprint density at radius 3 is 2.20 bits per heavy atom. The molecule has 1 heterocycles. The van der Waals surface area contributed by atoms with Crippen LogP contribution >= 0.6 is 0 Å². The van der Waals surface area contributed by atoms with E-state index in [-0.39, 0.29) is 0 Å². The lowest BCUT2D eigenvalue weighted by atomic mass is 10.4. The summed E-state index contributed by atoms with van der Waals surface area (Å²) in [4.78, 5) is 6.92. The molecular formula is C10H24N4O. The predicted octanol–water partition coefficient (Wildman–Crippen LogP) is 0.864. The molecule has 15 heavy (non-hydrogen) atoms. The number of nitrogens with one attached hydrogen (secondary N) is 1. The topological polar surface area (TPSA) is 53.8 Å². The average Bonchev–Trinajstić information content (AvgIpc) is 2.72. The van der Waals surface area contributed by atoms with E-state index >= 15 is 0 Å². The number of hydrogen-bond donors (Lipinski definition) is 2.